The number of cyclic esters (lactones) is 1. The first-order chi connectivity index (χ1) is 5.75. The molecule has 0 unspecified atom stereocenters. The van der Waals surface area contributed by atoms with Crippen LogP contribution in [0.4, 0.5) is 0 Å². The van der Waals surface area contributed by atoms with Gasteiger partial charge in [0.15, 0.2) is 0 Å². The molecule has 0 saturated carbocycles. The van der Waals surface area contributed by atoms with Crippen LogP contribution < -0.4 is 0 Å². The Bertz CT molecular complexity index is 154. The Kier molecular flexibility index (Phi) is 3.57. The zero-order valence-corrected chi connectivity index (χ0v) is 8.01. The number of hydrogen-bond acceptors (Lipinski definition) is 2. The van der Waals surface area contributed by atoms with Gasteiger partial charge in [0.2, 0.25) is 0 Å². The van der Waals surface area contributed by atoms with E-state index in [1.807, 2.05) is 6.92 Å². The minimum Gasteiger partial charge on any atom is -0.465 e. The molecule has 2 atom stereocenters. The molecule has 0 bridgehead atoms. The van der Waals surface area contributed by atoms with E-state index >= 15 is 0 Å². The molecule has 0 aromatic rings. The lowest BCUT2D eigenvalue weighted by molar-refractivity contribution is -0.140. The first-order valence-electron chi connectivity index (χ1n) is 4.92. The molecule has 2 heteroatoms. The topological polar surface area (TPSA) is 26.3 Å². The summed E-state index contributed by atoms with van der Waals surface area (Å²) in [6.45, 7) is 4.83. The van der Waals surface area contributed by atoms with Crippen LogP contribution in [0.2, 0.25) is 0 Å². The van der Waals surface area contributed by atoms with Crippen LogP contribution in [0, 0.1) is 11.8 Å². The van der Waals surface area contributed by atoms with Gasteiger partial charge in [0, 0.05) is 5.92 Å². The molecule has 2 nitrogen and oxygen atoms in total. The molecule has 0 N–H and O–H groups in total. The molecule has 1 fully saturated rings. The lowest BCUT2D eigenvalue weighted by Crippen LogP contribution is -2.11. The number of hydrogen-bond donors (Lipinski definition) is 0. The van der Waals surface area contributed by atoms with E-state index in [0.717, 1.165) is 6.42 Å². The Morgan fingerprint density at radius 1 is 1.50 bits per heavy atom. The van der Waals surface area contributed by atoms with E-state index in [9.17, 15) is 4.79 Å². The molecule has 0 amide bonds. The highest BCUT2D eigenvalue weighted by molar-refractivity contribution is 5.74. The zero-order chi connectivity index (χ0) is 8.97. The van der Waals surface area contributed by atoms with Gasteiger partial charge in [-0.2, -0.15) is 0 Å². The Morgan fingerprint density at radius 3 is 2.75 bits per heavy atom. The van der Waals surface area contributed by atoms with Crippen LogP contribution in [0.3, 0.4) is 0 Å². The molecule has 1 aliphatic rings. The summed E-state index contributed by atoms with van der Waals surface area (Å²) in [5, 5.41) is 0. The Balaban J connectivity index is 2.20. The van der Waals surface area contributed by atoms with E-state index in [-0.39, 0.29) is 11.9 Å². The summed E-state index contributed by atoms with van der Waals surface area (Å²) in [6, 6.07) is 0. The van der Waals surface area contributed by atoms with Crippen molar-refractivity contribution < 1.29 is 9.53 Å². The molecule has 1 rings (SSSR count). The first kappa shape index (κ1) is 9.56. The number of rotatable bonds is 4. The van der Waals surface area contributed by atoms with Crippen LogP contribution in [-0.4, -0.2) is 12.6 Å². The van der Waals surface area contributed by atoms with Crippen molar-refractivity contribution in [3.63, 3.8) is 0 Å². The molecule has 0 aromatic carbocycles. The van der Waals surface area contributed by atoms with E-state index in [2.05, 4.69) is 6.92 Å². The summed E-state index contributed by atoms with van der Waals surface area (Å²) in [5.41, 5.74) is 0. The minimum absolute atomic E-state index is 0.00324. The number of carbonyl (C=O) groups excluding carboxylic acids is 1. The van der Waals surface area contributed by atoms with Gasteiger partial charge in [-0.3, -0.25) is 4.79 Å². The maximum atomic E-state index is 11.0. The fourth-order valence-electron chi connectivity index (χ4n) is 1.65. The quantitative estimate of drug-likeness (QED) is 0.478. The van der Waals surface area contributed by atoms with Gasteiger partial charge < -0.3 is 4.74 Å². The van der Waals surface area contributed by atoms with Crippen LogP contribution in [0.25, 0.3) is 0 Å². The number of esters is 1. The summed E-state index contributed by atoms with van der Waals surface area (Å²) >= 11 is 0. The van der Waals surface area contributed by atoms with Crippen LogP contribution >= 0.6 is 0 Å². The highest BCUT2D eigenvalue weighted by Gasteiger charge is 2.32. The van der Waals surface area contributed by atoms with Gasteiger partial charge in [-0.05, 0) is 6.42 Å². The normalized spacial score (nSPS) is 29.0. The monoisotopic (exact) mass is 170 g/mol. The van der Waals surface area contributed by atoms with Crippen molar-refractivity contribution in [3.8, 4) is 0 Å². The smallest absolute Gasteiger partial charge is 0.309 e. The van der Waals surface area contributed by atoms with Crippen LogP contribution in [0.1, 0.15) is 39.5 Å². The van der Waals surface area contributed by atoms with Gasteiger partial charge in [-0.25, -0.2) is 0 Å². The molecular weight excluding hydrogens is 152 g/mol. The molecule has 70 valence electrons. The highest BCUT2D eigenvalue weighted by Crippen LogP contribution is 2.26. The number of carbonyl (C=O) groups is 1. The van der Waals surface area contributed by atoms with Crippen molar-refractivity contribution in [3.05, 3.63) is 0 Å². The van der Waals surface area contributed by atoms with E-state index < -0.39 is 0 Å². The Labute approximate surface area is 74.3 Å². The van der Waals surface area contributed by atoms with E-state index in [0.29, 0.717) is 12.5 Å². The molecule has 1 aliphatic heterocycles. The lowest BCUT2D eigenvalue weighted by atomic mass is 9.92. The maximum absolute atomic E-state index is 11.0. The fourth-order valence-corrected chi connectivity index (χ4v) is 1.65. The lowest BCUT2D eigenvalue weighted by Gasteiger charge is -2.09. The maximum Gasteiger partial charge on any atom is 0.309 e. The molecular formula is C10H18O2. The van der Waals surface area contributed by atoms with Crippen molar-refractivity contribution in [2.75, 3.05) is 6.61 Å². The average molecular weight is 170 g/mol. The van der Waals surface area contributed by atoms with Gasteiger partial charge in [0.1, 0.15) is 0 Å². The van der Waals surface area contributed by atoms with E-state index in [4.69, 9.17) is 4.74 Å². The van der Waals surface area contributed by atoms with Crippen LogP contribution in [0.15, 0.2) is 0 Å². The number of ether oxygens (including phenoxy) is 1. The summed E-state index contributed by atoms with van der Waals surface area (Å²) in [5.74, 6) is 0.627. The van der Waals surface area contributed by atoms with Gasteiger partial charge in [0.05, 0.1) is 12.5 Å². The molecule has 1 saturated heterocycles. The molecule has 12 heavy (non-hydrogen) atoms. The second kappa shape index (κ2) is 4.48. The average Bonchev–Trinajstić information content (AvgIpc) is 2.36. The summed E-state index contributed by atoms with van der Waals surface area (Å²) in [6.07, 6.45) is 4.91. The second-order valence-electron chi connectivity index (χ2n) is 3.67. The SMILES string of the molecule is CCCCC[C@@H]1COC(=O)[C@@H]1C. The third kappa shape index (κ3) is 2.23. The van der Waals surface area contributed by atoms with Crippen molar-refractivity contribution in [1.29, 1.82) is 0 Å². The summed E-state index contributed by atoms with van der Waals surface area (Å²) < 4.78 is 4.97. The van der Waals surface area contributed by atoms with E-state index in [1.165, 1.54) is 19.3 Å². The van der Waals surface area contributed by atoms with Gasteiger partial charge >= 0.3 is 5.97 Å². The van der Waals surface area contributed by atoms with Gasteiger partial charge in [0.25, 0.3) is 0 Å². The highest BCUT2D eigenvalue weighted by atomic mass is 16.5. The fraction of sp³-hybridized carbons (Fsp3) is 0.900. The van der Waals surface area contributed by atoms with Gasteiger partial charge in [-0.1, -0.05) is 33.1 Å². The second-order valence-corrected chi connectivity index (χ2v) is 3.67. The Morgan fingerprint density at radius 2 is 2.25 bits per heavy atom. The summed E-state index contributed by atoms with van der Waals surface area (Å²) in [7, 11) is 0. The number of unbranched alkanes of at least 4 members (excludes halogenated alkanes) is 2. The third-order valence-corrected chi connectivity index (χ3v) is 2.70. The van der Waals surface area contributed by atoms with Crippen LogP contribution in [-0.2, 0) is 9.53 Å². The molecule has 0 radical (unpaired) electrons. The van der Waals surface area contributed by atoms with Crippen molar-refractivity contribution in [1.82, 2.24) is 0 Å². The van der Waals surface area contributed by atoms with Crippen molar-refractivity contribution >= 4 is 5.97 Å². The van der Waals surface area contributed by atoms with Gasteiger partial charge in [-0.15, -0.1) is 0 Å². The molecule has 1 heterocycles. The zero-order valence-electron chi connectivity index (χ0n) is 8.01. The van der Waals surface area contributed by atoms with E-state index in [1.54, 1.807) is 0 Å². The summed E-state index contributed by atoms with van der Waals surface area (Å²) in [4.78, 5) is 11.0. The van der Waals surface area contributed by atoms with Crippen molar-refractivity contribution in [2.45, 2.75) is 39.5 Å². The molecule has 0 aromatic heterocycles. The predicted molar refractivity (Wildman–Crippen MR) is 47.8 cm³/mol. The van der Waals surface area contributed by atoms with Crippen LogP contribution in [0.5, 0.6) is 0 Å². The third-order valence-electron chi connectivity index (χ3n) is 2.70. The molecule has 0 aliphatic carbocycles. The largest absolute Gasteiger partial charge is 0.465 e. The minimum atomic E-state index is -0.00324. The predicted octanol–water partition coefficient (Wildman–Crippen LogP) is 2.38. The first-order valence-corrected chi connectivity index (χ1v) is 4.92. The standard InChI is InChI=1S/C10H18O2/c1-3-4-5-6-9-7-12-10(11)8(9)2/h8-9H,3-7H2,1-2H3/t8-,9-/m1/s1. The van der Waals surface area contributed by atoms with Crippen molar-refractivity contribution in [2.24, 2.45) is 11.8 Å². The Hall–Kier alpha value is -0.530. The molecule has 0 spiro atoms.